The van der Waals surface area contributed by atoms with Gasteiger partial charge in [-0.15, -0.1) is 0 Å². The van der Waals surface area contributed by atoms with Crippen LogP contribution in [-0.2, 0) is 4.74 Å². The molecular formula is C16H23N3O2. The monoisotopic (exact) mass is 289 g/mol. The van der Waals surface area contributed by atoms with Crippen molar-refractivity contribution in [3.8, 4) is 0 Å². The number of carbonyl (C=O) groups is 1. The van der Waals surface area contributed by atoms with Gasteiger partial charge in [-0.25, -0.2) is 4.79 Å². The third kappa shape index (κ3) is 2.96. The van der Waals surface area contributed by atoms with E-state index in [4.69, 9.17) is 4.74 Å². The van der Waals surface area contributed by atoms with Gasteiger partial charge in [-0.2, -0.15) is 5.10 Å². The standard InChI is InChI=1S/C16H23N3O2/c1-16(2,3)21-15(20)19-12-5-4-6-13(19)10-11(9-12)14-7-8-17-18-14/h7-9,12-13H,4-6,10H2,1-3H3,(H,17,18). The lowest BCUT2D eigenvalue weighted by atomic mass is 9.84. The molecule has 1 amide bonds. The number of nitrogens with one attached hydrogen (secondary N) is 1. The van der Waals surface area contributed by atoms with Gasteiger partial charge < -0.3 is 4.74 Å². The van der Waals surface area contributed by atoms with Gasteiger partial charge in [0, 0.05) is 12.2 Å². The number of carbonyl (C=O) groups excluding carboxylic acids is 1. The highest BCUT2D eigenvalue weighted by Crippen LogP contribution is 2.37. The van der Waals surface area contributed by atoms with Crippen molar-refractivity contribution in [3.63, 3.8) is 0 Å². The van der Waals surface area contributed by atoms with Crippen molar-refractivity contribution < 1.29 is 9.53 Å². The molecule has 2 bridgehead atoms. The predicted molar refractivity (Wildman–Crippen MR) is 80.7 cm³/mol. The Morgan fingerprint density at radius 3 is 2.86 bits per heavy atom. The molecular weight excluding hydrogens is 266 g/mol. The summed E-state index contributed by atoms with van der Waals surface area (Å²) in [5.41, 5.74) is 1.89. The van der Waals surface area contributed by atoms with Crippen molar-refractivity contribution in [2.45, 2.75) is 64.1 Å². The number of H-pyrrole nitrogens is 1. The Balaban J connectivity index is 1.83. The molecule has 1 aromatic heterocycles. The average Bonchev–Trinajstić information content (AvgIpc) is 2.88. The van der Waals surface area contributed by atoms with E-state index < -0.39 is 5.60 Å². The molecule has 1 N–H and O–H groups in total. The molecule has 21 heavy (non-hydrogen) atoms. The van der Waals surface area contributed by atoms with Crippen molar-refractivity contribution in [3.05, 3.63) is 24.0 Å². The van der Waals surface area contributed by atoms with E-state index in [0.29, 0.717) is 0 Å². The van der Waals surface area contributed by atoms with Crippen LogP contribution in [0.25, 0.3) is 5.57 Å². The van der Waals surface area contributed by atoms with Crippen LogP contribution in [-0.4, -0.2) is 38.9 Å². The van der Waals surface area contributed by atoms with E-state index >= 15 is 0 Å². The maximum atomic E-state index is 12.5. The molecule has 1 saturated heterocycles. The number of amides is 1. The molecule has 0 aromatic carbocycles. The van der Waals surface area contributed by atoms with Gasteiger partial charge in [-0.3, -0.25) is 10.00 Å². The molecule has 1 aromatic rings. The van der Waals surface area contributed by atoms with Gasteiger partial charge in [0.15, 0.2) is 0 Å². The van der Waals surface area contributed by atoms with Gasteiger partial charge >= 0.3 is 6.09 Å². The minimum absolute atomic E-state index is 0.144. The van der Waals surface area contributed by atoms with E-state index in [-0.39, 0.29) is 18.2 Å². The highest BCUT2D eigenvalue weighted by molar-refractivity contribution is 5.73. The third-order valence-corrected chi connectivity index (χ3v) is 4.09. The topological polar surface area (TPSA) is 58.2 Å². The fraction of sp³-hybridized carbons (Fsp3) is 0.625. The van der Waals surface area contributed by atoms with Crippen LogP contribution in [0.4, 0.5) is 4.79 Å². The molecule has 5 nitrogen and oxygen atoms in total. The molecule has 3 rings (SSSR count). The first kappa shape index (κ1) is 14.2. The molecule has 0 spiro atoms. The van der Waals surface area contributed by atoms with Crippen molar-refractivity contribution in [1.82, 2.24) is 15.1 Å². The number of hydrogen-bond acceptors (Lipinski definition) is 3. The summed E-state index contributed by atoms with van der Waals surface area (Å²) in [5, 5.41) is 7.05. The van der Waals surface area contributed by atoms with Crippen molar-refractivity contribution >= 4 is 11.7 Å². The van der Waals surface area contributed by atoms with E-state index in [0.717, 1.165) is 25.0 Å². The molecule has 3 heterocycles. The van der Waals surface area contributed by atoms with Crippen molar-refractivity contribution in [2.75, 3.05) is 0 Å². The zero-order chi connectivity index (χ0) is 15.0. The number of ether oxygens (including phenoxy) is 1. The summed E-state index contributed by atoms with van der Waals surface area (Å²) in [6, 6.07) is 2.37. The Labute approximate surface area is 125 Å². The number of fused-ring (bicyclic) bond motifs is 2. The van der Waals surface area contributed by atoms with Gasteiger partial charge in [-0.1, -0.05) is 6.08 Å². The average molecular weight is 289 g/mol. The van der Waals surface area contributed by atoms with Gasteiger partial charge in [0.2, 0.25) is 0 Å². The van der Waals surface area contributed by atoms with Gasteiger partial charge in [0.25, 0.3) is 0 Å². The van der Waals surface area contributed by atoms with Crippen LogP contribution >= 0.6 is 0 Å². The summed E-state index contributed by atoms with van der Waals surface area (Å²) in [5.74, 6) is 0. The van der Waals surface area contributed by atoms with Crippen molar-refractivity contribution in [1.29, 1.82) is 0 Å². The van der Waals surface area contributed by atoms with Crippen LogP contribution in [0.3, 0.4) is 0 Å². The van der Waals surface area contributed by atoms with E-state index in [9.17, 15) is 4.79 Å². The molecule has 1 fully saturated rings. The molecule has 5 heteroatoms. The summed E-state index contributed by atoms with van der Waals surface area (Å²) in [6.45, 7) is 5.74. The maximum Gasteiger partial charge on any atom is 0.411 e. The lowest BCUT2D eigenvalue weighted by molar-refractivity contribution is 0.0000682. The number of hydrogen-bond donors (Lipinski definition) is 1. The van der Waals surface area contributed by atoms with E-state index in [1.54, 1.807) is 6.20 Å². The van der Waals surface area contributed by atoms with Crippen LogP contribution in [0, 0.1) is 0 Å². The first-order chi connectivity index (χ1) is 9.94. The maximum absolute atomic E-state index is 12.5. The van der Waals surface area contributed by atoms with Crippen molar-refractivity contribution in [2.24, 2.45) is 0 Å². The minimum atomic E-state index is -0.446. The molecule has 0 aliphatic carbocycles. The smallest absolute Gasteiger partial charge is 0.411 e. The summed E-state index contributed by atoms with van der Waals surface area (Å²) in [4.78, 5) is 14.4. The number of nitrogens with zero attached hydrogens (tertiary/aromatic N) is 2. The van der Waals surface area contributed by atoms with Gasteiger partial charge in [0.05, 0.1) is 11.7 Å². The second-order valence-electron chi connectivity index (χ2n) is 6.91. The summed E-state index contributed by atoms with van der Waals surface area (Å²) in [6.07, 6.45) is 7.88. The highest BCUT2D eigenvalue weighted by Gasteiger charge is 2.39. The molecule has 2 unspecified atom stereocenters. The van der Waals surface area contributed by atoms with Crippen LogP contribution in [0.15, 0.2) is 18.3 Å². The fourth-order valence-corrected chi connectivity index (χ4v) is 3.26. The fourth-order valence-electron chi connectivity index (χ4n) is 3.26. The SMILES string of the molecule is CC(C)(C)OC(=O)N1C2C=C(c3ccn[nH]3)CC1CCC2. The number of aromatic amines is 1. The Morgan fingerprint density at radius 1 is 1.43 bits per heavy atom. The predicted octanol–water partition coefficient (Wildman–Crippen LogP) is 3.36. The second kappa shape index (κ2) is 5.20. The number of rotatable bonds is 1. The zero-order valence-electron chi connectivity index (χ0n) is 12.9. The van der Waals surface area contributed by atoms with E-state index in [1.807, 2.05) is 31.7 Å². The van der Waals surface area contributed by atoms with Gasteiger partial charge in [-0.05, 0) is 58.1 Å². The molecule has 2 atom stereocenters. The quantitative estimate of drug-likeness (QED) is 0.862. The highest BCUT2D eigenvalue weighted by atomic mass is 16.6. The largest absolute Gasteiger partial charge is 0.444 e. The second-order valence-corrected chi connectivity index (χ2v) is 6.91. The van der Waals surface area contributed by atoms with Crippen LogP contribution in [0.5, 0.6) is 0 Å². The van der Waals surface area contributed by atoms with E-state index in [2.05, 4.69) is 16.3 Å². The zero-order valence-corrected chi connectivity index (χ0v) is 12.9. The summed E-state index contributed by atoms with van der Waals surface area (Å²) in [7, 11) is 0. The van der Waals surface area contributed by atoms with Crippen LogP contribution < -0.4 is 0 Å². The Morgan fingerprint density at radius 2 is 2.24 bits per heavy atom. The lowest BCUT2D eigenvalue weighted by Gasteiger charge is -2.44. The third-order valence-electron chi connectivity index (χ3n) is 4.09. The molecule has 2 aliphatic rings. The Kier molecular flexibility index (Phi) is 3.51. The number of aromatic nitrogens is 2. The summed E-state index contributed by atoms with van der Waals surface area (Å²) >= 11 is 0. The number of piperidine rings is 1. The Bertz CT molecular complexity index is 542. The molecule has 0 radical (unpaired) electrons. The van der Waals surface area contributed by atoms with Gasteiger partial charge in [0.1, 0.15) is 5.60 Å². The molecule has 2 aliphatic heterocycles. The van der Waals surface area contributed by atoms with Crippen LogP contribution in [0.2, 0.25) is 0 Å². The molecule has 114 valence electrons. The minimum Gasteiger partial charge on any atom is -0.444 e. The van der Waals surface area contributed by atoms with Crippen LogP contribution in [0.1, 0.15) is 52.1 Å². The lowest BCUT2D eigenvalue weighted by Crippen LogP contribution is -2.53. The first-order valence-electron chi connectivity index (χ1n) is 7.66. The molecule has 0 saturated carbocycles. The Hall–Kier alpha value is -1.78. The van der Waals surface area contributed by atoms with E-state index in [1.165, 1.54) is 12.0 Å². The normalized spacial score (nSPS) is 25.5. The first-order valence-corrected chi connectivity index (χ1v) is 7.66. The summed E-state index contributed by atoms with van der Waals surface area (Å²) < 4.78 is 5.58.